The highest BCUT2D eigenvalue weighted by molar-refractivity contribution is 6.07. The second kappa shape index (κ2) is 6.27. The number of H-pyrrole nitrogens is 1. The van der Waals surface area contributed by atoms with Crippen molar-refractivity contribution in [1.29, 1.82) is 0 Å². The molecule has 0 radical (unpaired) electrons. The van der Waals surface area contributed by atoms with Gasteiger partial charge < -0.3 is 9.88 Å². The second-order valence-electron chi connectivity index (χ2n) is 6.48. The molecule has 4 rings (SSSR count). The van der Waals surface area contributed by atoms with Crippen LogP contribution in [-0.4, -0.2) is 26.9 Å². The van der Waals surface area contributed by atoms with Crippen molar-refractivity contribution >= 4 is 22.8 Å². The van der Waals surface area contributed by atoms with Gasteiger partial charge in [-0.3, -0.25) is 4.79 Å². The molecule has 1 amide bonds. The summed E-state index contributed by atoms with van der Waals surface area (Å²) in [6.07, 6.45) is 5.41. The van der Waals surface area contributed by atoms with E-state index in [1.807, 2.05) is 6.92 Å². The lowest BCUT2D eigenvalue weighted by molar-refractivity contribution is 0.0975. The Morgan fingerprint density at radius 2 is 2.04 bits per heavy atom. The number of amides is 1. The van der Waals surface area contributed by atoms with Crippen molar-refractivity contribution in [3.63, 3.8) is 0 Å². The lowest BCUT2D eigenvalue weighted by Gasteiger charge is -2.29. The normalized spacial score (nSPS) is 15.0. The van der Waals surface area contributed by atoms with E-state index >= 15 is 0 Å². The fourth-order valence-electron chi connectivity index (χ4n) is 3.56. The molecule has 2 aromatic heterocycles. The summed E-state index contributed by atoms with van der Waals surface area (Å²) in [5.41, 5.74) is 2.06. The number of carbonyl (C=O) groups is 1. The summed E-state index contributed by atoms with van der Waals surface area (Å²) >= 11 is 0. The van der Waals surface area contributed by atoms with Crippen molar-refractivity contribution in [3.05, 3.63) is 53.7 Å². The molecule has 128 valence electrons. The molecular formula is C19H19FN4O. The van der Waals surface area contributed by atoms with E-state index in [4.69, 9.17) is 0 Å². The molecular weight excluding hydrogens is 319 g/mol. The van der Waals surface area contributed by atoms with E-state index in [9.17, 15) is 9.18 Å². The maximum absolute atomic E-state index is 14.4. The fourth-order valence-corrected chi connectivity index (χ4v) is 3.56. The van der Waals surface area contributed by atoms with E-state index in [0.717, 1.165) is 31.5 Å². The molecule has 5 nitrogen and oxygen atoms in total. The van der Waals surface area contributed by atoms with Crippen molar-refractivity contribution in [2.45, 2.75) is 38.6 Å². The zero-order valence-corrected chi connectivity index (χ0v) is 14.0. The van der Waals surface area contributed by atoms with Crippen LogP contribution in [-0.2, 0) is 0 Å². The van der Waals surface area contributed by atoms with E-state index in [1.165, 1.54) is 12.3 Å². The van der Waals surface area contributed by atoms with Crippen molar-refractivity contribution in [3.8, 4) is 0 Å². The first kappa shape index (κ1) is 15.7. The molecule has 6 heteroatoms. The summed E-state index contributed by atoms with van der Waals surface area (Å²) in [5.74, 6) is 0.140. The Morgan fingerprint density at radius 3 is 2.80 bits per heavy atom. The standard InChI is InChI=1S/C19H19FN4O/c1-12-22-16-10-13(11-21-18(16)23-12)19(25)24(14-6-2-3-7-14)17-9-5-4-8-15(17)20/h4-5,8-11,14H,2-3,6-7H2,1H3,(H,21,22,23). The number of rotatable bonds is 3. The van der Waals surface area contributed by atoms with E-state index in [1.54, 1.807) is 29.2 Å². The molecule has 0 atom stereocenters. The van der Waals surface area contributed by atoms with Crippen LogP contribution in [0.3, 0.4) is 0 Å². The summed E-state index contributed by atoms with van der Waals surface area (Å²) < 4.78 is 14.4. The summed E-state index contributed by atoms with van der Waals surface area (Å²) in [6.45, 7) is 1.84. The minimum absolute atomic E-state index is 0.0172. The van der Waals surface area contributed by atoms with Gasteiger partial charge in [0, 0.05) is 12.2 Å². The molecule has 0 unspecified atom stereocenters. The quantitative estimate of drug-likeness (QED) is 0.785. The van der Waals surface area contributed by atoms with Gasteiger partial charge in [0.1, 0.15) is 11.6 Å². The number of pyridine rings is 1. The predicted molar refractivity (Wildman–Crippen MR) is 94.1 cm³/mol. The Balaban J connectivity index is 1.77. The molecule has 1 aliphatic carbocycles. The minimum atomic E-state index is -0.380. The highest BCUT2D eigenvalue weighted by Gasteiger charge is 2.30. The van der Waals surface area contributed by atoms with Gasteiger partial charge in [-0.2, -0.15) is 0 Å². The summed E-state index contributed by atoms with van der Waals surface area (Å²) in [6, 6.07) is 8.21. The number of imidazole rings is 1. The molecule has 1 aliphatic rings. The molecule has 0 aliphatic heterocycles. The number of hydrogen-bond acceptors (Lipinski definition) is 3. The zero-order valence-electron chi connectivity index (χ0n) is 14.0. The van der Waals surface area contributed by atoms with Crippen LogP contribution in [0.2, 0.25) is 0 Å². The van der Waals surface area contributed by atoms with Crippen LogP contribution in [0.4, 0.5) is 10.1 Å². The number of benzene rings is 1. The smallest absolute Gasteiger partial charge is 0.260 e. The SMILES string of the molecule is Cc1nc2ncc(C(=O)N(c3ccccc3F)C3CCCC3)cc2[nH]1. The molecule has 1 fully saturated rings. The maximum atomic E-state index is 14.4. The number of aryl methyl sites for hydroxylation is 1. The summed E-state index contributed by atoms with van der Waals surface area (Å²) in [7, 11) is 0. The molecule has 1 aromatic carbocycles. The first-order valence-corrected chi connectivity index (χ1v) is 8.54. The van der Waals surface area contributed by atoms with E-state index in [2.05, 4.69) is 15.0 Å². The van der Waals surface area contributed by atoms with Crippen molar-refractivity contribution in [1.82, 2.24) is 15.0 Å². The van der Waals surface area contributed by atoms with Gasteiger partial charge in [-0.15, -0.1) is 0 Å². The van der Waals surface area contributed by atoms with Crippen LogP contribution in [0.5, 0.6) is 0 Å². The molecule has 0 saturated heterocycles. The summed E-state index contributed by atoms with van der Waals surface area (Å²) in [5, 5.41) is 0. The fraction of sp³-hybridized carbons (Fsp3) is 0.316. The van der Waals surface area contributed by atoms with Crippen molar-refractivity contribution in [2.24, 2.45) is 0 Å². The average molecular weight is 338 g/mol. The average Bonchev–Trinajstić information content (AvgIpc) is 3.24. The lowest BCUT2D eigenvalue weighted by atomic mass is 10.1. The van der Waals surface area contributed by atoms with Gasteiger partial charge in [-0.1, -0.05) is 25.0 Å². The molecule has 2 heterocycles. The maximum Gasteiger partial charge on any atom is 0.260 e. The monoisotopic (exact) mass is 338 g/mol. The van der Waals surface area contributed by atoms with Crippen LogP contribution in [0.25, 0.3) is 11.2 Å². The summed E-state index contributed by atoms with van der Waals surface area (Å²) in [4.78, 5) is 26.4. The minimum Gasteiger partial charge on any atom is -0.341 e. The number of aromatic amines is 1. The Morgan fingerprint density at radius 1 is 1.28 bits per heavy atom. The van der Waals surface area contributed by atoms with Gasteiger partial charge in [0.2, 0.25) is 0 Å². The number of hydrogen-bond donors (Lipinski definition) is 1. The van der Waals surface area contributed by atoms with E-state index in [-0.39, 0.29) is 17.8 Å². The van der Waals surface area contributed by atoms with Crippen LogP contribution in [0.15, 0.2) is 36.5 Å². The highest BCUT2D eigenvalue weighted by atomic mass is 19.1. The van der Waals surface area contributed by atoms with Crippen molar-refractivity contribution < 1.29 is 9.18 Å². The third-order valence-electron chi connectivity index (χ3n) is 4.72. The second-order valence-corrected chi connectivity index (χ2v) is 6.48. The number of halogens is 1. The molecule has 1 saturated carbocycles. The van der Waals surface area contributed by atoms with Crippen molar-refractivity contribution in [2.75, 3.05) is 4.90 Å². The first-order chi connectivity index (χ1) is 12.1. The van der Waals surface area contributed by atoms with Crippen LogP contribution >= 0.6 is 0 Å². The Hall–Kier alpha value is -2.76. The van der Waals surface area contributed by atoms with Gasteiger partial charge >= 0.3 is 0 Å². The topological polar surface area (TPSA) is 61.9 Å². The Bertz CT molecular complexity index is 930. The van der Waals surface area contributed by atoms with E-state index in [0.29, 0.717) is 22.4 Å². The third kappa shape index (κ3) is 2.88. The van der Waals surface area contributed by atoms with Crippen LogP contribution in [0.1, 0.15) is 41.9 Å². The number of carbonyl (C=O) groups excluding carboxylic acids is 1. The number of nitrogens with one attached hydrogen (secondary N) is 1. The molecule has 1 N–H and O–H groups in total. The molecule has 0 bridgehead atoms. The van der Waals surface area contributed by atoms with Crippen LogP contribution < -0.4 is 4.90 Å². The number of nitrogens with zero attached hydrogens (tertiary/aromatic N) is 3. The van der Waals surface area contributed by atoms with Gasteiger partial charge in [-0.05, 0) is 38.0 Å². The Kier molecular flexibility index (Phi) is 3.95. The Labute approximate surface area is 144 Å². The third-order valence-corrected chi connectivity index (χ3v) is 4.72. The number of aromatic nitrogens is 3. The largest absolute Gasteiger partial charge is 0.341 e. The first-order valence-electron chi connectivity index (χ1n) is 8.54. The molecule has 25 heavy (non-hydrogen) atoms. The predicted octanol–water partition coefficient (Wildman–Crippen LogP) is 3.99. The number of anilines is 1. The number of para-hydroxylation sites is 1. The number of fused-ring (bicyclic) bond motifs is 1. The van der Waals surface area contributed by atoms with Gasteiger partial charge in [0.05, 0.1) is 16.8 Å². The van der Waals surface area contributed by atoms with E-state index < -0.39 is 0 Å². The molecule has 0 spiro atoms. The van der Waals surface area contributed by atoms with Gasteiger partial charge in [0.25, 0.3) is 5.91 Å². The van der Waals surface area contributed by atoms with Crippen LogP contribution in [0, 0.1) is 12.7 Å². The molecule has 3 aromatic rings. The zero-order chi connectivity index (χ0) is 17.4. The van der Waals surface area contributed by atoms with Gasteiger partial charge in [-0.25, -0.2) is 14.4 Å². The van der Waals surface area contributed by atoms with Gasteiger partial charge in [0.15, 0.2) is 5.65 Å². The lowest BCUT2D eigenvalue weighted by Crippen LogP contribution is -2.39. The highest BCUT2D eigenvalue weighted by Crippen LogP contribution is 2.31.